The highest BCUT2D eigenvalue weighted by molar-refractivity contribution is 6.13. The molecule has 3 aromatic rings. The van der Waals surface area contributed by atoms with Crippen LogP contribution in [0.15, 0.2) is 77.8 Å². The fourth-order valence-corrected chi connectivity index (χ4v) is 2.79. The number of nitrogens with zero attached hydrogens (tertiary/aromatic N) is 1. The number of benzene rings is 3. The zero-order valence-electron chi connectivity index (χ0n) is 15.3. The first-order valence-electron chi connectivity index (χ1n) is 8.62. The maximum Gasteiger partial charge on any atom is 0.256 e. The Morgan fingerprint density at radius 3 is 1.96 bits per heavy atom. The Hall–Kier alpha value is -3.20. The van der Waals surface area contributed by atoms with Crippen LogP contribution in [0.4, 0.5) is 5.69 Å². The minimum Gasteiger partial charge on any atom is -0.306 e. The molecule has 1 amide bonds. The molecule has 0 unspecified atom stereocenters. The van der Waals surface area contributed by atoms with Crippen molar-refractivity contribution >= 4 is 17.4 Å². The van der Waals surface area contributed by atoms with Gasteiger partial charge in [-0.1, -0.05) is 54.1 Å². The van der Waals surface area contributed by atoms with Crippen LogP contribution in [0, 0.1) is 20.8 Å². The van der Waals surface area contributed by atoms with Gasteiger partial charge in [-0.05, 0) is 56.2 Å². The predicted molar refractivity (Wildman–Crippen MR) is 107 cm³/mol. The Kier molecular flexibility index (Phi) is 5.28. The number of aryl methyl sites for hydroxylation is 3. The van der Waals surface area contributed by atoms with Crippen LogP contribution in [0.5, 0.6) is 0 Å². The standard InChI is InChI=1S/C23H22N2O/c1-16-9-11-20(12-10-16)23(26)25-22(19-7-5-4-6-8-19)24-21-14-17(2)13-18(3)15-21/h4-15H,1-3H3,(H,24,25,26). The quantitative estimate of drug-likeness (QED) is 0.521. The van der Waals surface area contributed by atoms with Gasteiger partial charge in [-0.2, -0.15) is 0 Å². The molecule has 26 heavy (non-hydrogen) atoms. The summed E-state index contributed by atoms with van der Waals surface area (Å²) in [4.78, 5) is 17.4. The summed E-state index contributed by atoms with van der Waals surface area (Å²) in [5.41, 5.74) is 5.70. The summed E-state index contributed by atoms with van der Waals surface area (Å²) in [7, 11) is 0. The van der Waals surface area contributed by atoms with Crippen LogP contribution in [-0.2, 0) is 0 Å². The van der Waals surface area contributed by atoms with E-state index in [1.807, 2.05) is 87.5 Å². The minimum absolute atomic E-state index is 0.169. The van der Waals surface area contributed by atoms with Crippen molar-refractivity contribution in [2.45, 2.75) is 20.8 Å². The lowest BCUT2D eigenvalue weighted by molar-refractivity contribution is 0.0977. The second-order valence-electron chi connectivity index (χ2n) is 6.49. The average molecular weight is 342 g/mol. The molecule has 0 aliphatic rings. The van der Waals surface area contributed by atoms with E-state index in [0.29, 0.717) is 11.4 Å². The Morgan fingerprint density at radius 2 is 1.35 bits per heavy atom. The van der Waals surface area contributed by atoms with Gasteiger partial charge in [0.1, 0.15) is 5.84 Å². The smallest absolute Gasteiger partial charge is 0.256 e. The summed E-state index contributed by atoms with van der Waals surface area (Å²) in [6.45, 7) is 6.08. The number of hydrogen-bond acceptors (Lipinski definition) is 2. The van der Waals surface area contributed by atoms with Gasteiger partial charge in [0.25, 0.3) is 5.91 Å². The van der Waals surface area contributed by atoms with Crippen LogP contribution in [0.1, 0.15) is 32.6 Å². The second-order valence-corrected chi connectivity index (χ2v) is 6.49. The van der Waals surface area contributed by atoms with E-state index in [1.54, 1.807) is 0 Å². The predicted octanol–water partition coefficient (Wildman–Crippen LogP) is 5.12. The van der Waals surface area contributed by atoms with Crippen molar-refractivity contribution in [3.63, 3.8) is 0 Å². The largest absolute Gasteiger partial charge is 0.306 e. The fourth-order valence-electron chi connectivity index (χ4n) is 2.79. The minimum atomic E-state index is -0.169. The van der Waals surface area contributed by atoms with Gasteiger partial charge in [0, 0.05) is 11.1 Å². The molecule has 0 heterocycles. The molecule has 1 N–H and O–H groups in total. The van der Waals surface area contributed by atoms with Crippen molar-refractivity contribution in [3.05, 3.63) is 101 Å². The van der Waals surface area contributed by atoms with Gasteiger partial charge in [0.05, 0.1) is 5.69 Å². The van der Waals surface area contributed by atoms with E-state index < -0.39 is 0 Å². The lowest BCUT2D eigenvalue weighted by atomic mass is 10.1. The van der Waals surface area contributed by atoms with Gasteiger partial charge in [0.2, 0.25) is 0 Å². The SMILES string of the molecule is Cc1ccc(C(=O)NC(=Nc2cc(C)cc(C)c2)c2ccccc2)cc1. The number of amidine groups is 1. The first-order chi connectivity index (χ1) is 12.5. The highest BCUT2D eigenvalue weighted by Crippen LogP contribution is 2.18. The lowest BCUT2D eigenvalue weighted by Crippen LogP contribution is -2.31. The zero-order valence-corrected chi connectivity index (χ0v) is 15.3. The first-order valence-corrected chi connectivity index (χ1v) is 8.62. The molecule has 0 aliphatic carbocycles. The maximum absolute atomic E-state index is 12.7. The van der Waals surface area contributed by atoms with Crippen LogP contribution in [0.3, 0.4) is 0 Å². The van der Waals surface area contributed by atoms with E-state index in [9.17, 15) is 4.79 Å². The third-order valence-corrected chi connectivity index (χ3v) is 4.04. The van der Waals surface area contributed by atoms with Crippen molar-refractivity contribution in [3.8, 4) is 0 Å². The van der Waals surface area contributed by atoms with Gasteiger partial charge in [-0.3, -0.25) is 4.79 Å². The number of amides is 1. The van der Waals surface area contributed by atoms with E-state index in [2.05, 4.69) is 11.4 Å². The molecule has 0 saturated carbocycles. The van der Waals surface area contributed by atoms with Crippen molar-refractivity contribution in [1.82, 2.24) is 5.32 Å². The number of carbonyl (C=O) groups is 1. The number of aliphatic imine (C=N–C) groups is 1. The summed E-state index contributed by atoms with van der Waals surface area (Å²) < 4.78 is 0. The molecule has 3 rings (SSSR count). The van der Waals surface area contributed by atoms with E-state index in [-0.39, 0.29) is 5.91 Å². The Morgan fingerprint density at radius 1 is 0.731 bits per heavy atom. The number of rotatable bonds is 3. The third-order valence-electron chi connectivity index (χ3n) is 4.04. The van der Waals surface area contributed by atoms with Crippen LogP contribution in [-0.4, -0.2) is 11.7 Å². The maximum atomic E-state index is 12.7. The zero-order chi connectivity index (χ0) is 18.5. The van der Waals surface area contributed by atoms with Crippen LogP contribution in [0.25, 0.3) is 0 Å². The van der Waals surface area contributed by atoms with E-state index in [0.717, 1.165) is 27.9 Å². The molecule has 0 radical (unpaired) electrons. The Bertz CT molecular complexity index is 921. The normalized spacial score (nSPS) is 11.3. The molecule has 3 heteroatoms. The molecule has 0 aromatic heterocycles. The molecule has 130 valence electrons. The number of nitrogens with one attached hydrogen (secondary N) is 1. The Balaban J connectivity index is 1.97. The average Bonchev–Trinajstić information content (AvgIpc) is 2.61. The Labute approximate surface area is 154 Å². The third kappa shape index (κ3) is 4.45. The van der Waals surface area contributed by atoms with Crippen LogP contribution < -0.4 is 5.32 Å². The molecule has 0 aliphatic heterocycles. The summed E-state index contributed by atoms with van der Waals surface area (Å²) in [5.74, 6) is 0.373. The molecule has 0 saturated heterocycles. The molecule has 3 nitrogen and oxygen atoms in total. The van der Waals surface area contributed by atoms with Gasteiger partial charge in [-0.15, -0.1) is 0 Å². The topological polar surface area (TPSA) is 41.5 Å². The summed E-state index contributed by atoms with van der Waals surface area (Å²) in [6.07, 6.45) is 0. The van der Waals surface area contributed by atoms with Crippen LogP contribution >= 0.6 is 0 Å². The van der Waals surface area contributed by atoms with E-state index in [1.165, 1.54) is 0 Å². The lowest BCUT2D eigenvalue weighted by Gasteiger charge is -2.10. The second kappa shape index (κ2) is 7.79. The molecular formula is C23H22N2O. The number of hydrogen-bond donors (Lipinski definition) is 1. The van der Waals surface area contributed by atoms with Crippen LogP contribution in [0.2, 0.25) is 0 Å². The highest BCUT2D eigenvalue weighted by Gasteiger charge is 2.11. The van der Waals surface area contributed by atoms with Crippen molar-refractivity contribution in [2.75, 3.05) is 0 Å². The summed E-state index contributed by atoms with van der Waals surface area (Å²) in [5, 5.41) is 2.97. The molecule has 0 fully saturated rings. The monoisotopic (exact) mass is 342 g/mol. The fraction of sp³-hybridized carbons (Fsp3) is 0.130. The van der Waals surface area contributed by atoms with Crippen molar-refractivity contribution in [2.24, 2.45) is 4.99 Å². The summed E-state index contributed by atoms with van der Waals surface area (Å²) in [6, 6.07) is 23.3. The van der Waals surface area contributed by atoms with Crippen molar-refractivity contribution < 1.29 is 4.79 Å². The van der Waals surface area contributed by atoms with Crippen molar-refractivity contribution in [1.29, 1.82) is 0 Å². The molecule has 3 aromatic carbocycles. The first kappa shape index (κ1) is 17.6. The molecule has 0 atom stereocenters. The van der Waals surface area contributed by atoms with E-state index >= 15 is 0 Å². The highest BCUT2D eigenvalue weighted by atomic mass is 16.1. The molecular weight excluding hydrogens is 320 g/mol. The van der Waals surface area contributed by atoms with Gasteiger partial charge < -0.3 is 5.32 Å². The van der Waals surface area contributed by atoms with Gasteiger partial charge in [-0.25, -0.2) is 4.99 Å². The summed E-state index contributed by atoms with van der Waals surface area (Å²) >= 11 is 0. The molecule has 0 spiro atoms. The number of carbonyl (C=O) groups excluding carboxylic acids is 1. The van der Waals surface area contributed by atoms with Gasteiger partial charge >= 0.3 is 0 Å². The van der Waals surface area contributed by atoms with E-state index in [4.69, 9.17) is 4.99 Å². The molecule has 0 bridgehead atoms. The van der Waals surface area contributed by atoms with Gasteiger partial charge in [0.15, 0.2) is 0 Å².